The van der Waals surface area contributed by atoms with Gasteiger partial charge in [-0.15, -0.1) is 0 Å². The van der Waals surface area contributed by atoms with E-state index in [4.69, 9.17) is 14.6 Å². The first kappa shape index (κ1) is 13.9. The highest BCUT2D eigenvalue weighted by molar-refractivity contribution is 5.95. The van der Waals surface area contributed by atoms with E-state index < -0.39 is 18.0 Å². The Morgan fingerprint density at radius 3 is 2.56 bits per heavy atom. The third-order valence-electron chi connectivity index (χ3n) is 2.25. The summed E-state index contributed by atoms with van der Waals surface area (Å²) < 4.78 is 4.86. The molecule has 1 aromatic rings. The summed E-state index contributed by atoms with van der Waals surface area (Å²) >= 11 is 0. The molecule has 98 valence electrons. The van der Waals surface area contributed by atoms with Crippen molar-refractivity contribution in [3.05, 3.63) is 24.2 Å². The van der Waals surface area contributed by atoms with Gasteiger partial charge in [-0.25, -0.2) is 0 Å². The van der Waals surface area contributed by atoms with Gasteiger partial charge in [0.25, 0.3) is 0 Å². The number of carbonyl (C=O) groups excluding carboxylic acids is 1. The molecule has 0 aliphatic heterocycles. The van der Waals surface area contributed by atoms with Crippen LogP contribution in [0, 0.1) is 0 Å². The van der Waals surface area contributed by atoms with Crippen molar-refractivity contribution in [1.82, 2.24) is 5.32 Å². The van der Waals surface area contributed by atoms with E-state index in [-0.39, 0.29) is 30.9 Å². The van der Waals surface area contributed by atoms with E-state index in [1.807, 2.05) is 0 Å². The number of aliphatic carboxylic acids is 2. The summed E-state index contributed by atoms with van der Waals surface area (Å²) in [5.41, 5.74) is 0. The molecule has 18 heavy (non-hydrogen) atoms. The van der Waals surface area contributed by atoms with Crippen LogP contribution in [0.5, 0.6) is 0 Å². The molecule has 0 bridgehead atoms. The molecule has 1 heterocycles. The number of Topliss-reactive ketones (excluding diaryl/α,β-unsaturated/α-hetero) is 1. The van der Waals surface area contributed by atoms with Crippen LogP contribution in [0.15, 0.2) is 22.8 Å². The summed E-state index contributed by atoms with van der Waals surface area (Å²) in [6.45, 7) is -0.218. The van der Waals surface area contributed by atoms with Gasteiger partial charge < -0.3 is 14.6 Å². The van der Waals surface area contributed by atoms with Crippen LogP contribution in [-0.4, -0.2) is 40.5 Å². The Bertz CT molecular complexity index is 425. The molecule has 7 nitrogen and oxygen atoms in total. The first-order valence-electron chi connectivity index (χ1n) is 5.25. The fraction of sp³-hybridized carbons (Fsp3) is 0.364. The van der Waals surface area contributed by atoms with Gasteiger partial charge in [-0.2, -0.15) is 0 Å². The normalized spacial score (nSPS) is 12.0. The number of furan rings is 1. The summed E-state index contributed by atoms with van der Waals surface area (Å²) in [6, 6.07) is 1.95. The quantitative estimate of drug-likeness (QED) is 0.454. The molecule has 0 aromatic carbocycles. The van der Waals surface area contributed by atoms with Gasteiger partial charge in [-0.05, 0) is 18.6 Å². The third-order valence-corrected chi connectivity index (χ3v) is 2.25. The summed E-state index contributed by atoms with van der Waals surface area (Å²) in [4.78, 5) is 32.7. The largest absolute Gasteiger partial charge is 0.481 e. The van der Waals surface area contributed by atoms with Gasteiger partial charge in [0.1, 0.15) is 6.04 Å². The first-order chi connectivity index (χ1) is 8.50. The van der Waals surface area contributed by atoms with Gasteiger partial charge in [-0.3, -0.25) is 19.7 Å². The maximum atomic E-state index is 11.5. The van der Waals surface area contributed by atoms with Crippen molar-refractivity contribution in [2.24, 2.45) is 0 Å². The molecule has 0 unspecified atom stereocenters. The zero-order chi connectivity index (χ0) is 13.5. The Hall–Kier alpha value is -2.15. The monoisotopic (exact) mass is 256 g/mol. The molecule has 0 saturated heterocycles. The van der Waals surface area contributed by atoms with Crippen molar-refractivity contribution in [2.75, 3.05) is 6.54 Å². The number of carboxylic acid groups (broad SMARTS) is 2. The van der Waals surface area contributed by atoms with Crippen molar-refractivity contribution >= 4 is 17.7 Å². The smallest absolute Gasteiger partial charge is 0.320 e. The minimum Gasteiger partial charge on any atom is -0.481 e. The number of hydrogen-bond donors (Lipinski definition) is 3. The molecular formula is C11H13NO6. The number of carboxylic acids is 2. The fourth-order valence-electron chi connectivity index (χ4n) is 1.32. The topological polar surface area (TPSA) is 117 Å². The molecule has 0 radical (unpaired) electrons. The van der Waals surface area contributed by atoms with Crippen LogP contribution in [-0.2, 0) is 9.59 Å². The van der Waals surface area contributed by atoms with Crippen molar-refractivity contribution in [3.8, 4) is 0 Å². The van der Waals surface area contributed by atoms with E-state index >= 15 is 0 Å². The highest BCUT2D eigenvalue weighted by Gasteiger charge is 2.20. The number of rotatable bonds is 8. The SMILES string of the molecule is O=C(O)CC[13C@H](NCC(=O)c1ccco1)C(=O)O. The predicted octanol–water partition coefficient (Wildman–Crippen LogP) is 0.370. The summed E-state index contributed by atoms with van der Waals surface area (Å²) in [5, 5.41) is 19.8. The van der Waals surface area contributed by atoms with Crippen LogP contribution >= 0.6 is 0 Å². The average Bonchev–Trinajstić information content (AvgIpc) is 2.81. The fourth-order valence-corrected chi connectivity index (χ4v) is 1.32. The standard InChI is InChI=1S/C11H13NO6/c13-8(9-2-1-5-18-9)6-12-7(11(16)17)3-4-10(14)15/h1-2,5,7,12H,3-4,6H2,(H,14,15)(H,16,17)/t7-/m0/s1/i7+1. The predicted molar refractivity (Wildman–Crippen MR) is 59.3 cm³/mol. The van der Waals surface area contributed by atoms with Crippen molar-refractivity contribution < 1.29 is 29.0 Å². The molecule has 0 aliphatic rings. The molecule has 0 fully saturated rings. The molecule has 1 atom stereocenters. The van der Waals surface area contributed by atoms with Crippen molar-refractivity contribution in [2.45, 2.75) is 18.9 Å². The third kappa shape index (κ3) is 4.38. The lowest BCUT2D eigenvalue weighted by Gasteiger charge is -2.11. The Balaban J connectivity index is 2.44. The lowest BCUT2D eigenvalue weighted by molar-refractivity contribution is -0.140. The highest BCUT2D eigenvalue weighted by Crippen LogP contribution is 2.02. The number of hydrogen-bond acceptors (Lipinski definition) is 5. The highest BCUT2D eigenvalue weighted by atomic mass is 16.4. The van der Waals surface area contributed by atoms with Crippen LogP contribution in [0.25, 0.3) is 0 Å². The zero-order valence-corrected chi connectivity index (χ0v) is 9.46. The molecule has 7 heteroatoms. The van der Waals surface area contributed by atoms with E-state index in [1.54, 1.807) is 6.07 Å². The Morgan fingerprint density at radius 2 is 2.06 bits per heavy atom. The van der Waals surface area contributed by atoms with Gasteiger partial charge in [-0.1, -0.05) is 0 Å². The maximum absolute atomic E-state index is 11.5. The Kier molecular flexibility index (Phi) is 5.06. The van der Waals surface area contributed by atoms with Crippen LogP contribution < -0.4 is 5.32 Å². The minimum atomic E-state index is -1.19. The number of ketones is 1. The van der Waals surface area contributed by atoms with E-state index in [1.165, 1.54) is 12.3 Å². The minimum absolute atomic E-state index is 0.0872. The maximum Gasteiger partial charge on any atom is 0.320 e. The molecular weight excluding hydrogens is 243 g/mol. The summed E-state index contributed by atoms with van der Waals surface area (Å²) in [5.74, 6) is -2.53. The average molecular weight is 256 g/mol. The van der Waals surface area contributed by atoms with E-state index in [9.17, 15) is 14.4 Å². The number of carbonyl (C=O) groups is 3. The molecule has 1 aromatic heterocycles. The molecule has 0 amide bonds. The van der Waals surface area contributed by atoms with Crippen LogP contribution in [0.1, 0.15) is 23.4 Å². The Labute approximate surface area is 102 Å². The molecule has 0 aliphatic carbocycles. The van der Waals surface area contributed by atoms with E-state index in [0.29, 0.717) is 0 Å². The first-order valence-corrected chi connectivity index (χ1v) is 5.25. The summed E-state index contributed by atoms with van der Waals surface area (Å²) in [7, 11) is 0. The van der Waals surface area contributed by atoms with Crippen LogP contribution in [0.4, 0.5) is 0 Å². The second-order valence-electron chi connectivity index (χ2n) is 3.60. The second-order valence-corrected chi connectivity index (χ2v) is 3.60. The Morgan fingerprint density at radius 1 is 1.33 bits per heavy atom. The van der Waals surface area contributed by atoms with E-state index in [2.05, 4.69) is 5.32 Å². The van der Waals surface area contributed by atoms with Gasteiger partial charge in [0.05, 0.1) is 12.8 Å². The van der Waals surface area contributed by atoms with Crippen LogP contribution in [0.3, 0.4) is 0 Å². The lowest BCUT2D eigenvalue weighted by Crippen LogP contribution is -2.40. The van der Waals surface area contributed by atoms with Crippen LogP contribution in [0.2, 0.25) is 0 Å². The number of nitrogens with one attached hydrogen (secondary N) is 1. The van der Waals surface area contributed by atoms with Gasteiger partial charge in [0.2, 0.25) is 5.78 Å². The van der Waals surface area contributed by atoms with Gasteiger partial charge in [0.15, 0.2) is 5.76 Å². The van der Waals surface area contributed by atoms with Gasteiger partial charge in [0, 0.05) is 6.42 Å². The summed E-state index contributed by atoms with van der Waals surface area (Å²) in [6.07, 6.45) is 0.974. The zero-order valence-electron chi connectivity index (χ0n) is 9.46. The molecule has 0 spiro atoms. The molecule has 3 N–H and O–H groups in total. The second kappa shape index (κ2) is 6.55. The van der Waals surface area contributed by atoms with E-state index in [0.717, 1.165) is 0 Å². The molecule has 1 rings (SSSR count). The van der Waals surface area contributed by atoms with Crippen molar-refractivity contribution in [1.29, 1.82) is 0 Å². The van der Waals surface area contributed by atoms with Crippen molar-refractivity contribution in [3.63, 3.8) is 0 Å². The van der Waals surface area contributed by atoms with Gasteiger partial charge >= 0.3 is 11.9 Å². The molecule has 0 saturated carbocycles. The lowest BCUT2D eigenvalue weighted by atomic mass is 10.3.